The van der Waals surface area contributed by atoms with E-state index < -0.39 is 54.4 Å². The third-order valence-corrected chi connectivity index (χ3v) is 11.6. The fourth-order valence-electron chi connectivity index (χ4n) is 7.87. The van der Waals surface area contributed by atoms with Gasteiger partial charge in [-0.2, -0.15) is 0 Å². The van der Waals surface area contributed by atoms with Gasteiger partial charge in [0.15, 0.2) is 17.5 Å². The van der Waals surface area contributed by atoms with E-state index in [4.69, 9.17) is 25.9 Å². The maximum atomic E-state index is 9.21. The van der Waals surface area contributed by atoms with E-state index in [9.17, 15) is 2.74 Å². The van der Waals surface area contributed by atoms with Gasteiger partial charge in [-0.15, -0.1) is 11.3 Å². The quantitative estimate of drug-likeness (QED) is 0.180. The van der Waals surface area contributed by atoms with Crippen molar-refractivity contribution in [3.63, 3.8) is 0 Å². The van der Waals surface area contributed by atoms with E-state index in [1.165, 1.54) is 11.3 Å². The van der Waals surface area contributed by atoms with Gasteiger partial charge in [0, 0.05) is 58.7 Å². The largest absolute Gasteiger partial charge is 0.309 e. The highest BCUT2D eigenvalue weighted by Crippen LogP contribution is 2.43. The second-order valence-electron chi connectivity index (χ2n) is 13.7. The third kappa shape index (κ3) is 4.81. The van der Waals surface area contributed by atoms with E-state index >= 15 is 0 Å². The number of fused-ring (bicyclic) bond motifs is 10. The molecule has 260 valence electrons. The van der Waals surface area contributed by atoms with Crippen molar-refractivity contribution in [2.45, 2.75) is 0 Å². The van der Waals surface area contributed by atoms with Crippen LogP contribution in [0, 0.1) is 0 Å². The summed E-state index contributed by atoms with van der Waals surface area (Å²) in [5, 5.41) is 5.81. The van der Waals surface area contributed by atoms with E-state index in [1.807, 2.05) is 66.7 Å². The lowest BCUT2D eigenvalue weighted by molar-refractivity contribution is 1.08. The van der Waals surface area contributed by atoms with Gasteiger partial charge in [-0.1, -0.05) is 145 Å². The molecule has 0 fully saturated rings. The van der Waals surface area contributed by atoms with Crippen LogP contribution in [0.5, 0.6) is 0 Å². The molecule has 0 amide bonds. The minimum Gasteiger partial charge on any atom is -0.309 e. The zero-order valence-corrected chi connectivity index (χ0v) is 30.1. The maximum Gasteiger partial charge on any atom is 0.164 e. The average molecular weight is 741 g/mol. The van der Waals surface area contributed by atoms with Crippen LogP contribution in [0.3, 0.4) is 0 Å². The standard InChI is InChI=1S/C51H30N4S/c1-3-13-34-28-36(22-20-31(34)10-1)49-52-50(37-23-21-32-11-2-4-14-35(32)29-37)54-51(53-49)43-17-9-19-45-47(43)42-27-25-38(30-46(42)56-45)55-44-18-8-7-16-40(44)41-26-24-33-12-5-6-15-39(33)48(41)55/h1-30H/i5D,6D,7D,8D,12D,15D,16D,18D,24D,26D. The van der Waals surface area contributed by atoms with Gasteiger partial charge < -0.3 is 4.57 Å². The fraction of sp³-hybridized carbons (Fsp3) is 0. The summed E-state index contributed by atoms with van der Waals surface area (Å²) in [5.41, 5.74) is 2.99. The number of hydrogen-bond acceptors (Lipinski definition) is 4. The summed E-state index contributed by atoms with van der Waals surface area (Å²) in [5.74, 6) is 1.50. The molecule has 12 rings (SSSR count). The van der Waals surface area contributed by atoms with Crippen LogP contribution in [0.15, 0.2) is 182 Å². The number of aromatic nitrogens is 4. The van der Waals surface area contributed by atoms with Crippen molar-refractivity contribution in [2.75, 3.05) is 0 Å². The highest BCUT2D eigenvalue weighted by molar-refractivity contribution is 7.26. The van der Waals surface area contributed by atoms with Gasteiger partial charge in [0.2, 0.25) is 0 Å². The molecule has 0 atom stereocenters. The molecule has 0 aliphatic heterocycles. The van der Waals surface area contributed by atoms with Crippen molar-refractivity contribution < 1.29 is 13.7 Å². The molecule has 0 spiro atoms. The average Bonchev–Trinajstić information content (AvgIpc) is 3.91. The summed E-state index contributed by atoms with van der Waals surface area (Å²) in [4.78, 5) is 15.4. The Kier molecular flexibility index (Phi) is 4.96. The van der Waals surface area contributed by atoms with Crippen LogP contribution >= 0.6 is 11.3 Å². The Hall–Kier alpha value is -7.21. The van der Waals surface area contributed by atoms with Crippen molar-refractivity contribution in [3.8, 4) is 39.9 Å². The second-order valence-corrected chi connectivity index (χ2v) is 14.8. The Morgan fingerprint density at radius 3 is 1.86 bits per heavy atom. The Balaban J connectivity index is 1.13. The monoisotopic (exact) mass is 740 g/mol. The van der Waals surface area contributed by atoms with Gasteiger partial charge in [-0.3, -0.25) is 0 Å². The number of benzene rings is 9. The molecule has 0 radical (unpaired) electrons. The molecule has 0 saturated heterocycles. The fourth-order valence-corrected chi connectivity index (χ4v) is 9.04. The van der Waals surface area contributed by atoms with Crippen molar-refractivity contribution in [2.24, 2.45) is 0 Å². The topological polar surface area (TPSA) is 43.6 Å². The second kappa shape index (κ2) is 12.2. The molecule has 0 bridgehead atoms. The van der Waals surface area contributed by atoms with Gasteiger partial charge in [0.25, 0.3) is 0 Å². The first-order chi connectivity index (χ1) is 31.9. The third-order valence-electron chi connectivity index (χ3n) is 10.5. The predicted molar refractivity (Wildman–Crippen MR) is 236 cm³/mol. The lowest BCUT2D eigenvalue weighted by Gasteiger charge is -2.11. The van der Waals surface area contributed by atoms with Crippen molar-refractivity contribution in [3.05, 3.63) is 182 Å². The van der Waals surface area contributed by atoms with Gasteiger partial charge in [0.05, 0.1) is 24.7 Å². The first-order valence-corrected chi connectivity index (χ1v) is 18.9. The molecule has 0 aliphatic rings. The Labute approximate surface area is 339 Å². The first-order valence-electron chi connectivity index (χ1n) is 23.0. The highest BCUT2D eigenvalue weighted by Gasteiger charge is 2.20. The van der Waals surface area contributed by atoms with Crippen LogP contribution < -0.4 is 0 Å². The van der Waals surface area contributed by atoms with E-state index in [1.54, 1.807) is 10.6 Å². The molecule has 5 heteroatoms. The summed E-state index contributed by atoms with van der Waals surface area (Å²) < 4.78 is 91.9. The van der Waals surface area contributed by atoms with E-state index in [0.717, 1.165) is 58.4 Å². The van der Waals surface area contributed by atoms with Crippen molar-refractivity contribution >= 4 is 85.6 Å². The molecular formula is C51H30N4S. The van der Waals surface area contributed by atoms with Crippen LogP contribution in [0.25, 0.3) is 114 Å². The van der Waals surface area contributed by atoms with Crippen molar-refractivity contribution in [1.82, 2.24) is 19.5 Å². The number of para-hydroxylation sites is 1. The number of hydrogen-bond donors (Lipinski definition) is 0. The van der Waals surface area contributed by atoms with Gasteiger partial charge in [-0.05, 0) is 63.3 Å². The summed E-state index contributed by atoms with van der Waals surface area (Å²) in [6, 6.07) is 35.4. The lowest BCUT2D eigenvalue weighted by atomic mass is 10.0. The van der Waals surface area contributed by atoms with Crippen LogP contribution in [-0.2, 0) is 0 Å². The lowest BCUT2D eigenvalue weighted by Crippen LogP contribution is -2.00. The summed E-state index contributed by atoms with van der Waals surface area (Å²) >= 11 is 1.50. The molecule has 0 N–H and O–H groups in total. The van der Waals surface area contributed by atoms with Crippen LogP contribution in [0.4, 0.5) is 0 Å². The zero-order chi connectivity index (χ0) is 45.4. The summed E-state index contributed by atoms with van der Waals surface area (Å²) in [6.45, 7) is 0. The van der Waals surface area contributed by atoms with E-state index in [2.05, 4.69) is 48.5 Å². The Morgan fingerprint density at radius 2 is 1.11 bits per heavy atom. The first kappa shape index (κ1) is 22.9. The van der Waals surface area contributed by atoms with Crippen LogP contribution in [-0.4, -0.2) is 19.5 Å². The maximum absolute atomic E-state index is 9.21. The highest BCUT2D eigenvalue weighted by atomic mass is 32.1. The molecule has 4 nitrogen and oxygen atoms in total. The molecule has 0 aliphatic carbocycles. The van der Waals surface area contributed by atoms with Crippen LogP contribution in [0.2, 0.25) is 0 Å². The molecule has 0 saturated carbocycles. The van der Waals surface area contributed by atoms with Crippen LogP contribution in [0.1, 0.15) is 13.7 Å². The normalized spacial score (nSPS) is 14.4. The molecule has 0 unspecified atom stereocenters. The molecule has 3 aromatic heterocycles. The minimum absolute atomic E-state index is 0.00229. The van der Waals surface area contributed by atoms with Gasteiger partial charge in [-0.25, -0.2) is 15.0 Å². The number of nitrogens with zero attached hydrogens (tertiary/aromatic N) is 4. The SMILES string of the molecule is [2H]c1c([2H])c([2H])c2c(c1[2H])c([2H])c([2H])c1c3c([2H])c([2H])c([2H])c([2H])c3n(-c3ccc4c(c3)sc3cccc(-c5nc(-c6ccc7ccccc7c6)nc(-c6ccc7ccccc7c6)n5)c34)c21. The Bertz CT molecular complexity index is 4050. The number of thiophene rings is 1. The van der Waals surface area contributed by atoms with E-state index in [0.29, 0.717) is 23.2 Å². The molecule has 3 heterocycles. The number of rotatable bonds is 4. The predicted octanol–water partition coefficient (Wildman–Crippen LogP) is 13.8. The smallest absolute Gasteiger partial charge is 0.164 e. The molecule has 56 heavy (non-hydrogen) atoms. The van der Waals surface area contributed by atoms with Gasteiger partial charge >= 0.3 is 0 Å². The molecule has 12 aromatic rings. The summed E-state index contributed by atoms with van der Waals surface area (Å²) in [6.07, 6.45) is 0. The molecular weight excluding hydrogens is 701 g/mol. The zero-order valence-electron chi connectivity index (χ0n) is 39.2. The summed E-state index contributed by atoms with van der Waals surface area (Å²) in [7, 11) is 0. The van der Waals surface area contributed by atoms with Gasteiger partial charge in [0.1, 0.15) is 0 Å². The molecule has 9 aromatic carbocycles. The Morgan fingerprint density at radius 1 is 0.446 bits per heavy atom. The minimum atomic E-state index is -0.555. The van der Waals surface area contributed by atoms with E-state index in [-0.39, 0.29) is 38.6 Å². The van der Waals surface area contributed by atoms with Crippen molar-refractivity contribution in [1.29, 1.82) is 0 Å².